The first-order valence-electron chi connectivity index (χ1n) is 8.93. The molecule has 0 spiro atoms. The maximum Gasteiger partial charge on any atom is 0.547 e. The van der Waals surface area contributed by atoms with E-state index in [1.165, 1.54) is 6.07 Å². The van der Waals surface area contributed by atoms with E-state index in [1.807, 2.05) is 0 Å². The van der Waals surface area contributed by atoms with Gasteiger partial charge in [-0.3, -0.25) is 10.2 Å². The Labute approximate surface area is 157 Å². The summed E-state index contributed by atoms with van der Waals surface area (Å²) in [6, 6.07) is 4.76. The highest BCUT2D eigenvalue weighted by molar-refractivity contribution is 6.47. The van der Waals surface area contributed by atoms with Crippen molar-refractivity contribution in [2.75, 3.05) is 13.1 Å². The highest BCUT2D eigenvalue weighted by Gasteiger charge is 2.38. The molecule has 144 valence electrons. The van der Waals surface area contributed by atoms with Gasteiger partial charge in [0.05, 0.1) is 11.5 Å². The fourth-order valence-corrected chi connectivity index (χ4v) is 3.62. The molecule has 0 aliphatic carbocycles. The number of para-hydroxylation sites is 1. The van der Waals surface area contributed by atoms with Gasteiger partial charge in [0.1, 0.15) is 5.75 Å². The molecule has 0 unspecified atom stereocenters. The van der Waals surface area contributed by atoms with Crippen molar-refractivity contribution in [2.45, 2.75) is 31.6 Å². The summed E-state index contributed by atoms with van der Waals surface area (Å²) in [6.45, 7) is 1.32. The molecule has 1 fully saturated rings. The topological polar surface area (TPSA) is 149 Å². The molecule has 2 aliphatic heterocycles. The number of likely N-dealkylation sites (tertiary alicyclic amines) is 1. The summed E-state index contributed by atoms with van der Waals surface area (Å²) in [6.07, 6.45) is 2.19. The van der Waals surface area contributed by atoms with Gasteiger partial charge in [-0.25, -0.2) is 4.79 Å². The molecule has 3 rings (SSSR count). The van der Waals surface area contributed by atoms with Crippen LogP contribution < -0.4 is 15.7 Å². The Morgan fingerprint density at radius 1 is 1.37 bits per heavy atom. The van der Waals surface area contributed by atoms with Gasteiger partial charge in [0, 0.05) is 19.5 Å². The maximum absolute atomic E-state index is 12.4. The molecule has 0 aromatic heterocycles. The third kappa shape index (κ3) is 4.33. The smallest absolute Gasteiger partial charge is 0.534 e. The number of carbonyl (C=O) groups is 2. The highest BCUT2D eigenvalue weighted by atomic mass is 16.5. The zero-order valence-corrected chi connectivity index (χ0v) is 14.9. The van der Waals surface area contributed by atoms with Gasteiger partial charge in [0.2, 0.25) is 5.91 Å². The second kappa shape index (κ2) is 7.87. The zero-order chi connectivity index (χ0) is 19.6. The fourth-order valence-electron chi connectivity index (χ4n) is 3.62. The van der Waals surface area contributed by atoms with E-state index in [-0.39, 0.29) is 29.1 Å². The van der Waals surface area contributed by atoms with Crippen LogP contribution in [0, 0.1) is 11.3 Å². The van der Waals surface area contributed by atoms with Crippen molar-refractivity contribution in [1.29, 1.82) is 5.41 Å². The number of guanidine groups is 1. The molecule has 9 nitrogen and oxygen atoms in total. The van der Waals surface area contributed by atoms with Gasteiger partial charge in [-0.05, 0) is 36.8 Å². The van der Waals surface area contributed by atoms with Crippen molar-refractivity contribution in [3.05, 3.63) is 29.3 Å². The number of nitrogens with zero attached hydrogens (tertiary/aromatic N) is 1. The Balaban J connectivity index is 1.57. The second-order valence-electron chi connectivity index (χ2n) is 7.01. The SMILES string of the molecule is N=C(N)N1CCC(CC(=O)N[C@H]2Cc3cccc(C(=O)O)c3OB2O)CC1. The van der Waals surface area contributed by atoms with Gasteiger partial charge in [-0.2, -0.15) is 0 Å². The molecule has 0 saturated carbocycles. The predicted octanol–water partition coefficient (Wildman–Crippen LogP) is -0.180. The van der Waals surface area contributed by atoms with Crippen molar-refractivity contribution in [3.8, 4) is 5.75 Å². The number of hydrogen-bond donors (Lipinski definition) is 5. The van der Waals surface area contributed by atoms with E-state index >= 15 is 0 Å². The maximum atomic E-state index is 12.4. The molecule has 2 heterocycles. The van der Waals surface area contributed by atoms with E-state index in [2.05, 4.69) is 5.32 Å². The summed E-state index contributed by atoms with van der Waals surface area (Å²) in [5.74, 6) is -1.53. The van der Waals surface area contributed by atoms with Crippen LogP contribution in [-0.2, 0) is 11.2 Å². The molecule has 1 saturated heterocycles. The Bertz CT molecular complexity index is 751. The summed E-state index contributed by atoms with van der Waals surface area (Å²) in [7, 11) is -1.30. The quantitative estimate of drug-likeness (QED) is 0.279. The van der Waals surface area contributed by atoms with Gasteiger partial charge < -0.3 is 30.7 Å². The van der Waals surface area contributed by atoms with Gasteiger partial charge in [0.25, 0.3) is 0 Å². The molecule has 1 amide bonds. The molecule has 6 N–H and O–H groups in total. The standard InChI is InChI=1S/C17H23BN4O5/c19-17(20)22-6-4-10(5-7-22)8-14(23)21-13-9-11-2-1-3-12(16(24)25)15(11)27-18(13)26/h1-3,10,13,26H,4-9H2,(H3,19,20)(H,21,23)(H,24,25)/t13-/m0/s1. The number of carbonyl (C=O) groups excluding carboxylic acids is 1. The third-order valence-electron chi connectivity index (χ3n) is 5.13. The van der Waals surface area contributed by atoms with Crippen LogP contribution >= 0.6 is 0 Å². The van der Waals surface area contributed by atoms with Gasteiger partial charge in [-0.15, -0.1) is 0 Å². The largest absolute Gasteiger partial charge is 0.547 e. The Kier molecular flexibility index (Phi) is 5.55. The number of benzene rings is 1. The minimum absolute atomic E-state index is 0.00597. The number of fused-ring (bicyclic) bond motifs is 1. The van der Waals surface area contributed by atoms with Crippen molar-refractivity contribution in [3.63, 3.8) is 0 Å². The molecule has 10 heteroatoms. The van der Waals surface area contributed by atoms with E-state index in [0.717, 1.165) is 12.8 Å². The Hall–Kier alpha value is -2.75. The summed E-state index contributed by atoms with van der Waals surface area (Å²) in [5.41, 5.74) is 6.11. The number of aromatic carboxylic acids is 1. The number of piperidine rings is 1. The van der Waals surface area contributed by atoms with Gasteiger partial charge >= 0.3 is 13.1 Å². The number of nitrogens with two attached hydrogens (primary N) is 1. The van der Waals surface area contributed by atoms with E-state index in [9.17, 15) is 19.7 Å². The molecule has 1 aromatic rings. The Morgan fingerprint density at radius 3 is 2.70 bits per heavy atom. The number of carboxylic acids is 1. The minimum atomic E-state index is -1.30. The number of carboxylic acid groups (broad SMARTS) is 1. The predicted molar refractivity (Wildman–Crippen MR) is 98.5 cm³/mol. The van der Waals surface area contributed by atoms with Crippen molar-refractivity contribution in [2.24, 2.45) is 11.7 Å². The normalized spacial score (nSPS) is 19.8. The molecule has 1 atom stereocenters. The van der Waals surface area contributed by atoms with Gasteiger partial charge in [0.15, 0.2) is 5.96 Å². The number of amides is 1. The lowest BCUT2D eigenvalue weighted by Gasteiger charge is -2.32. The van der Waals surface area contributed by atoms with Crippen molar-refractivity contribution < 1.29 is 24.4 Å². The van der Waals surface area contributed by atoms with E-state index < -0.39 is 19.0 Å². The first-order chi connectivity index (χ1) is 12.8. The molecular formula is C17H23BN4O5. The van der Waals surface area contributed by atoms with Crippen LogP contribution in [0.25, 0.3) is 0 Å². The van der Waals surface area contributed by atoms with Crippen LogP contribution in [0.1, 0.15) is 35.2 Å². The van der Waals surface area contributed by atoms with Crippen LogP contribution in [0.3, 0.4) is 0 Å². The molecule has 0 bridgehead atoms. The van der Waals surface area contributed by atoms with Crippen molar-refractivity contribution in [1.82, 2.24) is 10.2 Å². The van der Waals surface area contributed by atoms with Crippen LogP contribution in [0.15, 0.2) is 18.2 Å². The van der Waals surface area contributed by atoms with Crippen LogP contribution in [0.5, 0.6) is 5.75 Å². The lowest BCUT2D eigenvalue weighted by atomic mass is 9.72. The summed E-state index contributed by atoms with van der Waals surface area (Å²) in [5, 5.41) is 29.6. The summed E-state index contributed by atoms with van der Waals surface area (Å²) in [4.78, 5) is 25.4. The number of rotatable bonds is 4. The first kappa shape index (κ1) is 19.0. The molecule has 27 heavy (non-hydrogen) atoms. The van der Waals surface area contributed by atoms with E-state index in [0.29, 0.717) is 31.5 Å². The van der Waals surface area contributed by atoms with Crippen LogP contribution in [-0.4, -0.2) is 59.0 Å². The summed E-state index contributed by atoms with van der Waals surface area (Å²) >= 11 is 0. The molecule has 2 aliphatic rings. The zero-order valence-electron chi connectivity index (χ0n) is 14.9. The Morgan fingerprint density at radius 2 is 2.07 bits per heavy atom. The third-order valence-corrected chi connectivity index (χ3v) is 5.13. The first-order valence-corrected chi connectivity index (χ1v) is 8.93. The van der Waals surface area contributed by atoms with E-state index in [1.54, 1.807) is 17.0 Å². The molecule has 0 radical (unpaired) electrons. The van der Waals surface area contributed by atoms with E-state index in [4.69, 9.17) is 15.8 Å². The summed E-state index contributed by atoms with van der Waals surface area (Å²) < 4.78 is 5.38. The average Bonchev–Trinajstić information content (AvgIpc) is 2.62. The van der Waals surface area contributed by atoms with Crippen LogP contribution in [0.2, 0.25) is 0 Å². The van der Waals surface area contributed by atoms with Crippen molar-refractivity contribution >= 4 is 25.0 Å². The number of hydrogen-bond acceptors (Lipinski definition) is 5. The van der Waals surface area contributed by atoms with Gasteiger partial charge in [-0.1, -0.05) is 12.1 Å². The molecular weight excluding hydrogens is 351 g/mol. The lowest BCUT2D eigenvalue weighted by molar-refractivity contribution is -0.122. The fraction of sp³-hybridized carbons (Fsp3) is 0.471. The van der Waals surface area contributed by atoms with Crippen LogP contribution in [0.4, 0.5) is 0 Å². The monoisotopic (exact) mass is 374 g/mol. The second-order valence-corrected chi connectivity index (χ2v) is 7.01. The molecule has 1 aromatic carbocycles. The average molecular weight is 374 g/mol. The minimum Gasteiger partial charge on any atom is -0.534 e. The number of nitrogens with one attached hydrogen (secondary N) is 2. The highest BCUT2D eigenvalue weighted by Crippen LogP contribution is 2.30. The lowest BCUT2D eigenvalue weighted by Crippen LogP contribution is -2.53.